The molecule has 1 aliphatic carbocycles. The molecule has 1 saturated heterocycles. The summed E-state index contributed by atoms with van der Waals surface area (Å²) in [5, 5.41) is 0. The maximum atomic E-state index is 12.9. The Morgan fingerprint density at radius 1 is 1.12 bits per heavy atom. The van der Waals surface area contributed by atoms with Crippen molar-refractivity contribution < 1.29 is 27.5 Å². The Kier molecular flexibility index (Phi) is 8.47. The number of likely N-dealkylation sites (tertiary alicyclic amines) is 1. The third-order valence-electron chi connectivity index (χ3n) is 6.25. The Hall–Kier alpha value is -2.46. The summed E-state index contributed by atoms with van der Waals surface area (Å²) in [6.45, 7) is 2.85. The number of carbonyl (C=O) groups is 3. The molecule has 0 radical (unpaired) electrons. The minimum Gasteiger partial charge on any atom is -0.466 e. The normalized spacial score (nSPS) is 17.7. The lowest BCUT2D eigenvalue weighted by Crippen LogP contribution is -2.45. The minimum atomic E-state index is -3.72. The zero-order chi connectivity index (χ0) is 24.0. The number of sulfonamides is 1. The van der Waals surface area contributed by atoms with Crippen LogP contribution in [0, 0.1) is 5.92 Å². The Balaban J connectivity index is 1.57. The first kappa shape index (κ1) is 25.2. The second kappa shape index (κ2) is 11.1. The van der Waals surface area contributed by atoms with Crippen LogP contribution in [-0.4, -0.2) is 75.3 Å². The van der Waals surface area contributed by atoms with Gasteiger partial charge in [0.05, 0.1) is 24.0 Å². The third-order valence-corrected chi connectivity index (χ3v) is 7.77. The van der Waals surface area contributed by atoms with Crippen LogP contribution >= 0.6 is 0 Å². The van der Waals surface area contributed by atoms with Gasteiger partial charge < -0.3 is 14.5 Å². The highest BCUT2D eigenvalue weighted by Crippen LogP contribution is 2.22. The summed E-state index contributed by atoms with van der Waals surface area (Å²) >= 11 is 0. The molecule has 0 bridgehead atoms. The standard InChI is InChI=1S/C23H33N3O6S/c1-3-32-23(29)17-11-13-26(14-12-17)21(27)16-25(2)22(28)18-7-6-10-20(15-18)33(30,31)24-19-8-4-5-9-19/h6-7,10,15,17,19,24H,3-5,8-9,11-14,16H2,1-2H3. The topological polar surface area (TPSA) is 113 Å². The van der Waals surface area contributed by atoms with Gasteiger partial charge in [0.15, 0.2) is 0 Å². The van der Waals surface area contributed by atoms with E-state index in [9.17, 15) is 22.8 Å². The van der Waals surface area contributed by atoms with Crippen LogP contribution in [0.15, 0.2) is 29.2 Å². The number of hydrogen-bond acceptors (Lipinski definition) is 6. The molecule has 2 amide bonds. The van der Waals surface area contributed by atoms with E-state index in [0.29, 0.717) is 32.5 Å². The quantitative estimate of drug-likeness (QED) is 0.569. The molecular weight excluding hydrogens is 446 g/mol. The van der Waals surface area contributed by atoms with E-state index in [1.165, 1.54) is 30.1 Å². The predicted molar refractivity (Wildman–Crippen MR) is 122 cm³/mol. The number of carbonyl (C=O) groups excluding carboxylic acids is 3. The molecule has 1 N–H and O–H groups in total. The fourth-order valence-electron chi connectivity index (χ4n) is 4.35. The summed E-state index contributed by atoms with van der Waals surface area (Å²) in [4.78, 5) is 40.4. The zero-order valence-electron chi connectivity index (χ0n) is 19.3. The van der Waals surface area contributed by atoms with Gasteiger partial charge in [-0.15, -0.1) is 0 Å². The van der Waals surface area contributed by atoms with E-state index in [-0.39, 0.29) is 40.8 Å². The van der Waals surface area contributed by atoms with Crippen molar-refractivity contribution in [3.8, 4) is 0 Å². The molecule has 33 heavy (non-hydrogen) atoms. The average molecular weight is 480 g/mol. The molecule has 0 atom stereocenters. The lowest BCUT2D eigenvalue weighted by molar-refractivity contribution is -0.151. The largest absolute Gasteiger partial charge is 0.466 e. The van der Waals surface area contributed by atoms with Crippen molar-refractivity contribution in [3.63, 3.8) is 0 Å². The van der Waals surface area contributed by atoms with E-state index in [1.54, 1.807) is 17.9 Å². The lowest BCUT2D eigenvalue weighted by atomic mass is 9.97. The van der Waals surface area contributed by atoms with Crippen molar-refractivity contribution in [2.45, 2.75) is 56.4 Å². The Morgan fingerprint density at radius 2 is 1.79 bits per heavy atom. The number of nitrogens with zero attached hydrogens (tertiary/aromatic N) is 2. The maximum absolute atomic E-state index is 12.9. The summed E-state index contributed by atoms with van der Waals surface area (Å²) in [5.41, 5.74) is 0.209. The molecule has 2 fully saturated rings. The highest BCUT2D eigenvalue weighted by Gasteiger charge is 2.29. The highest BCUT2D eigenvalue weighted by atomic mass is 32.2. The van der Waals surface area contributed by atoms with Crippen LogP contribution in [0.25, 0.3) is 0 Å². The Morgan fingerprint density at radius 3 is 2.42 bits per heavy atom. The van der Waals surface area contributed by atoms with Gasteiger partial charge in [0.2, 0.25) is 15.9 Å². The van der Waals surface area contributed by atoms with Gasteiger partial charge in [0.25, 0.3) is 5.91 Å². The predicted octanol–water partition coefficient (Wildman–Crippen LogP) is 1.78. The van der Waals surface area contributed by atoms with Crippen molar-refractivity contribution in [1.29, 1.82) is 0 Å². The number of rotatable bonds is 8. The molecule has 1 saturated carbocycles. The molecule has 1 aliphatic heterocycles. The van der Waals surface area contributed by atoms with Gasteiger partial charge in [0, 0.05) is 31.7 Å². The molecule has 2 aliphatic rings. The number of ether oxygens (including phenoxy) is 1. The van der Waals surface area contributed by atoms with Crippen molar-refractivity contribution in [2.24, 2.45) is 5.92 Å². The Labute approximate surface area is 195 Å². The summed E-state index contributed by atoms with van der Waals surface area (Å²) in [5.74, 6) is -1.06. The summed E-state index contributed by atoms with van der Waals surface area (Å²) in [7, 11) is -2.20. The van der Waals surface area contributed by atoms with Crippen LogP contribution < -0.4 is 4.72 Å². The number of esters is 1. The molecule has 1 heterocycles. The molecule has 1 aromatic rings. The highest BCUT2D eigenvalue weighted by molar-refractivity contribution is 7.89. The first-order valence-corrected chi connectivity index (χ1v) is 13.0. The van der Waals surface area contributed by atoms with Crippen molar-refractivity contribution in [1.82, 2.24) is 14.5 Å². The van der Waals surface area contributed by atoms with Crippen LogP contribution in [0.4, 0.5) is 0 Å². The van der Waals surface area contributed by atoms with E-state index in [4.69, 9.17) is 4.74 Å². The number of hydrogen-bond donors (Lipinski definition) is 1. The molecule has 0 unspecified atom stereocenters. The van der Waals surface area contributed by atoms with Gasteiger partial charge in [-0.2, -0.15) is 0 Å². The van der Waals surface area contributed by atoms with Gasteiger partial charge in [0.1, 0.15) is 0 Å². The van der Waals surface area contributed by atoms with Crippen molar-refractivity contribution in [2.75, 3.05) is 33.3 Å². The van der Waals surface area contributed by atoms with Gasteiger partial charge in [-0.05, 0) is 50.8 Å². The first-order valence-electron chi connectivity index (χ1n) is 11.5. The molecule has 0 spiro atoms. The monoisotopic (exact) mass is 479 g/mol. The van der Waals surface area contributed by atoms with E-state index in [1.807, 2.05) is 0 Å². The lowest BCUT2D eigenvalue weighted by Gasteiger charge is -2.32. The fraction of sp³-hybridized carbons (Fsp3) is 0.609. The van der Waals surface area contributed by atoms with Gasteiger partial charge in [-0.3, -0.25) is 14.4 Å². The second-order valence-corrected chi connectivity index (χ2v) is 10.4. The van der Waals surface area contributed by atoms with Crippen molar-refractivity contribution >= 4 is 27.8 Å². The number of benzene rings is 1. The molecular formula is C23H33N3O6S. The molecule has 182 valence electrons. The van der Waals surface area contributed by atoms with Crippen LogP contribution in [0.2, 0.25) is 0 Å². The van der Waals surface area contributed by atoms with Crippen LogP contribution in [0.3, 0.4) is 0 Å². The third kappa shape index (κ3) is 6.54. The van der Waals surface area contributed by atoms with E-state index >= 15 is 0 Å². The van der Waals surface area contributed by atoms with E-state index in [2.05, 4.69) is 4.72 Å². The summed E-state index contributed by atoms with van der Waals surface area (Å²) < 4.78 is 33.2. The maximum Gasteiger partial charge on any atom is 0.309 e. The molecule has 10 heteroatoms. The van der Waals surface area contributed by atoms with Gasteiger partial charge >= 0.3 is 5.97 Å². The first-order chi connectivity index (χ1) is 15.7. The zero-order valence-corrected chi connectivity index (χ0v) is 20.1. The molecule has 9 nitrogen and oxygen atoms in total. The Bertz CT molecular complexity index is 966. The number of likely N-dealkylation sites (N-methyl/N-ethyl adjacent to an activating group) is 1. The minimum absolute atomic E-state index is 0.0426. The van der Waals surface area contributed by atoms with Crippen LogP contribution in [0.5, 0.6) is 0 Å². The van der Waals surface area contributed by atoms with Gasteiger partial charge in [-0.25, -0.2) is 13.1 Å². The number of piperidine rings is 1. The van der Waals surface area contributed by atoms with Crippen LogP contribution in [-0.2, 0) is 24.3 Å². The molecule has 1 aromatic carbocycles. The van der Waals surface area contributed by atoms with Crippen LogP contribution in [0.1, 0.15) is 55.8 Å². The molecule has 0 aromatic heterocycles. The van der Waals surface area contributed by atoms with E-state index < -0.39 is 15.9 Å². The average Bonchev–Trinajstić information content (AvgIpc) is 3.31. The summed E-state index contributed by atoms with van der Waals surface area (Å²) in [6, 6.07) is 5.83. The molecule has 3 rings (SSSR count). The SMILES string of the molecule is CCOC(=O)C1CCN(C(=O)CN(C)C(=O)c2cccc(S(=O)(=O)NC3CCCC3)c2)CC1. The second-order valence-electron chi connectivity index (χ2n) is 8.70. The van der Waals surface area contributed by atoms with Gasteiger partial charge in [-0.1, -0.05) is 18.9 Å². The number of amides is 2. The summed E-state index contributed by atoms with van der Waals surface area (Å²) in [6.07, 6.45) is 4.72. The fourth-order valence-corrected chi connectivity index (χ4v) is 5.70. The van der Waals surface area contributed by atoms with Crippen molar-refractivity contribution in [3.05, 3.63) is 29.8 Å². The number of nitrogens with one attached hydrogen (secondary N) is 1. The smallest absolute Gasteiger partial charge is 0.309 e. The van der Waals surface area contributed by atoms with E-state index in [0.717, 1.165) is 25.7 Å².